The molecule has 2 amide bonds. The standard InChI is InChI=1S/C24H30FN5O3S.C20H22FN5O4S2/c1-15-20-22(27-14-28-24(20)34-21(15)23(31)26-9-5-10-30(2)3)29-18-8-7-16(25)12-19(18)33-17-6-4-11-32-13-17;1-11-16-19(23-10-24-20(16)31-17(11)18(22)27)25-14-6-5-12(21)8-15(14)30-13-4-3-7-26(9-13)32(2,28)29/h7-8,12,14,17H,4-6,9-11,13H2,1-3H3,(H,26,31)(H,27,28,29);5-6,8,10,13H,3-4,7,9H2,1-2H3,(H2,22,27)(H,23,24,25)/t17-;13-/m11/s1. The molecule has 66 heavy (non-hydrogen) atoms. The molecule has 2 fully saturated rings. The first kappa shape index (κ1) is 48.3. The van der Waals surface area contributed by atoms with Gasteiger partial charge >= 0.3 is 0 Å². The number of carbonyl (C=O) groups excluding carboxylic acids is 2. The van der Waals surface area contributed by atoms with E-state index in [0.717, 1.165) is 49.6 Å². The fourth-order valence-electron chi connectivity index (χ4n) is 7.58. The van der Waals surface area contributed by atoms with Crippen molar-refractivity contribution >= 4 is 88.0 Å². The van der Waals surface area contributed by atoms with Gasteiger partial charge in [0.25, 0.3) is 11.8 Å². The van der Waals surface area contributed by atoms with Gasteiger partial charge in [-0.15, -0.1) is 22.7 Å². The number of hydrogen-bond acceptors (Lipinski definition) is 16. The number of benzene rings is 2. The number of anilines is 4. The number of carbonyl (C=O) groups is 2. The van der Waals surface area contributed by atoms with Gasteiger partial charge in [0, 0.05) is 31.8 Å². The lowest BCUT2D eigenvalue weighted by molar-refractivity contribution is 0.00763. The van der Waals surface area contributed by atoms with Gasteiger partial charge in [0.1, 0.15) is 69.3 Å². The third kappa shape index (κ3) is 11.8. The summed E-state index contributed by atoms with van der Waals surface area (Å²) in [7, 11) is 0.670. The molecule has 6 aromatic rings. The average molecular weight is 967 g/mol. The highest BCUT2D eigenvalue weighted by atomic mass is 32.2. The van der Waals surface area contributed by atoms with Gasteiger partial charge in [0.2, 0.25) is 10.0 Å². The molecule has 8 rings (SSSR count). The number of amides is 2. The first-order valence-electron chi connectivity index (χ1n) is 21.3. The number of hydrogen-bond donors (Lipinski definition) is 4. The smallest absolute Gasteiger partial charge is 0.261 e. The molecule has 6 heterocycles. The second-order valence-corrected chi connectivity index (χ2v) is 20.2. The van der Waals surface area contributed by atoms with Gasteiger partial charge < -0.3 is 40.8 Å². The van der Waals surface area contributed by atoms with Crippen LogP contribution in [0.4, 0.5) is 31.8 Å². The van der Waals surface area contributed by atoms with E-state index in [1.54, 1.807) is 13.0 Å². The molecule has 0 bridgehead atoms. The summed E-state index contributed by atoms with van der Waals surface area (Å²) in [5.41, 5.74) is 7.96. The molecule has 0 aliphatic carbocycles. The molecular formula is C44H52F2N10O7S3. The maximum atomic E-state index is 14.0. The second kappa shape index (κ2) is 21.3. The fourth-order valence-corrected chi connectivity index (χ4v) is 10.5. The monoisotopic (exact) mass is 966 g/mol. The number of primary amides is 1. The molecule has 352 valence electrons. The predicted octanol–water partition coefficient (Wildman–Crippen LogP) is 6.91. The summed E-state index contributed by atoms with van der Waals surface area (Å²) in [6, 6.07) is 8.41. The number of piperidine rings is 1. The number of aromatic nitrogens is 4. The van der Waals surface area contributed by atoms with Crippen molar-refractivity contribution in [2.45, 2.75) is 58.2 Å². The molecule has 2 saturated heterocycles. The van der Waals surface area contributed by atoms with Gasteiger partial charge in [-0.25, -0.2) is 37.1 Å². The topological polar surface area (TPSA) is 216 Å². The van der Waals surface area contributed by atoms with Gasteiger partial charge in [0.05, 0.1) is 51.3 Å². The van der Waals surface area contributed by atoms with Crippen molar-refractivity contribution in [2.75, 3.05) is 70.4 Å². The molecule has 2 aromatic carbocycles. The highest BCUT2D eigenvalue weighted by molar-refractivity contribution is 7.88. The van der Waals surface area contributed by atoms with Gasteiger partial charge in [-0.1, -0.05) is 0 Å². The van der Waals surface area contributed by atoms with Gasteiger partial charge in [-0.2, -0.15) is 4.31 Å². The molecule has 0 unspecified atom stereocenters. The predicted molar refractivity (Wildman–Crippen MR) is 252 cm³/mol. The van der Waals surface area contributed by atoms with Crippen molar-refractivity contribution in [3.05, 3.63) is 81.6 Å². The fraction of sp³-hybridized carbons (Fsp3) is 0.409. The first-order chi connectivity index (χ1) is 31.5. The Labute approximate surface area is 389 Å². The van der Waals surface area contributed by atoms with E-state index in [1.165, 1.54) is 70.0 Å². The highest BCUT2D eigenvalue weighted by Crippen LogP contribution is 2.39. The number of sulfonamides is 1. The molecule has 2 atom stereocenters. The summed E-state index contributed by atoms with van der Waals surface area (Å²) < 4.78 is 70.8. The van der Waals surface area contributed by atoms with Gasteiger partial charge in [-0.3, -0.25) is 9.59 Å². The zero-order valence-corrected chi connectivity index (χ0v) is 39.6. The van der Waals surface area contributed by atoms with E-state index in [4.69, 9.17) is 19.9 Å². The summed E-state index contributed by atoms with van der Waals surface area (Å²) in [6.45, 7) is 6.98. The van der Waals surface area contributed by atoms with Crippen LogP contribution in [0.1, 0.15) is 62.6 Å². The summed E-state index contributed by atoms with van der Waals surface area (Å²) in [5, 5.41) is 10.8. The number of nitrogens with two attached hydrogens (primary N) is 1. The number of aryl methyl sites for hydroxylation is 2. The Balaban J connectivity index is 0.000000197. The number of nitrogens with one attached hydrogen (secondary N) is 3. The lowest BCUT2D eigenvalue weighted by Gasteiger charge is -2.31. The summed E-state index contributed by atoms with van der Waals surface area (Å²) in [5.74, 6) is 0.0650. The van der Waals surface area contributed by atoms with Crippen LogP contribution in [0.25, 0.3) is 20.4 Å². The van der Waals surface area contributed by atoms with E-state index < -0.39 is 27.9 Å². The molecular weight excluding hydrogens is 915 g/mol. The van der Waals surface area contributed by atoms with Crippen molar-refractivity contribution in [3.8, 4) is 11.5 Å². The van der Waals surface area contributed by atoms with Crippen molar-refractivity contribution in [1.82, 2.24) is 34.5 Å². The normalized spacial score (nSPS) is 16.7. The van der Waals surface area contributed by atoms with E-state index in [0.29, 0.717) is 91.7 Å². The van der Waals surface area contributed by atoms with Crippen molar-refractivity contribution in [3.63, 3.8) is 0 Å². The third-order valence-electron chi connectivity index (χ3n) is 10.9. The van der Waals surface area contributed by atoms with E-state index in [-0.39, 0.29) is 30.1 Å². The van der Waals surface area contributed by atoms with Crippen LogP contribution in [-0.2, 0) is 14.8 Å². The summed E-state index contributed by atoms with van der Waals surface area (Å²) in [6.07, 6.45) is 7.34. The minimum absolute atomic E-state index is 0.117. The van der Waals surface area contributed by atoms with E-state index in [2.05, 4.69) is 40.8 Å². The van der Waals surface area contributed by atoms with Crippen molar-refractivity contribution < 1.29 is 41.0 Å². The maximum absolute atomic E-state index is 14.0. The van der Waals surface area contributed by atoms with Crippen LogP contribution >= 0.6 is 22.7 Å². The molecule has 0 saturated carbocycles. The number of nitrogens with zero attached hydrogens (tertiary/aromatic N) is 6. The summed E-state index contributed by atoms with van der Waals surface area (Å²) >= 11 is 2.51. The second-order valence-electron chi connectivity index (χ2n) is 16.2. The maximum Gasteiger partial charge on any atom is 0.261 e. The highest BCUT2D eigenvalue weighted by Gasteiger charge is 2.28. The Kier molecular flexibility index (Phi) is 15.6. The van der Waals surface area contributed by atoms with Crippen LogP contribution < -0.4 is 31.2 Å². The lowest BCUT2D eigenvalue weighted by atomic mass is 10.1. The average Bonchev–Trinajstić information content (AvgIpc) is 3.81. The Morgan fingerprint density at radius 2 is 1.42 bits per heavy atom. The molecule has 0 radical (unpaired) electrons. The van der Waals surface area contributed by atoms with Gasteiger partial charge in [0.15, 0.2) is 0 Å². The van der Waals surface area contributed by atoms with Gasteiger partial charge in [-0.05, 0) is 102 Å². The zero-order chi connectivity index (χ0) is 47.1. The molecule has 17 nitrogen and oxygen atoms in total. The number of ether oxygens (including phenoxy) is 3. The summed E-state index contributed by atoms with van der Waals surface area (Å²) in [4.78, 5) is 46.2. The van der Waals surface area contributed by atoms with E-state index in [9.17, 15) is 26.8 Å². The van der Waals surface area contributed by atoms with Crippen LogP contribution in [-0.4, -0.2) is 121 Å². The van der Waals surface area contributed by atoms with Crippen LogP contribution in [0.15, 0.2) is 49.1 Å². The molecule has 2 aliphatic rings. The lowest BCUT2D eigenvalue weighted by Crippen LogP contribution is -2.43. The number of thiophene rings is 2. The Morgan fingerprint density at radius 3 is 1.97 bits per heavy atom. The minimum Gasteiger partial charge on any atom is -0.487 e. The van der Waals surface area contributed by atoms with Crippen LogP contribution in [0.3, 0.4) is 0 Å². The third-order valence-corrected chi connectivity index (χ3v) is 14.5. The minimum atomic E-state index is -3.34. The zero-order valence-electron chi connectivity index (χ0n) is 37.2. The number of fused-ring (bicyclic) bond motifs is 2. The Morgan fingerprint density at radius 1 is 0.864 bits per heavy atom. The SMILES string of the molecule is Cc1c(C(=O)NCCCN(C)C)sc2ncnc(Nc3ccc(F)cc3O[C@@H]3CCCOC3)c12.Cc1c(C(N)=O)sc2ncnc(Nc3ccc(F)cc3O[C@@H]3CCCN(S(C)(=O)=O)C3)c12. The number of halogens is 2. The van der Waals surface area contributed by atoms with Crippen LogP contribution in [0.2, 0.25) is 0 Å². The molecule has 0 spiro atoms. The molecule has 4 aromatic heterocycles. The molecule has 5 N–H and O–H groups in total. The molecule has 22 heteroatoms. The van der Waals surface area contributed by atoms with E-state index >= 15 is 0 Å². The largest absolute Gasteiger partial charge is 0.487 e. The van der Waals surface area contributed by atoms with Crippen molar-refractivity contribution in [1.29, 1.82) is 0 Å². The van der Waals surface area contributed by atoms with Crippen molar-refractivity contribution in [2.24, 2.45) is 5.73 Å². The number of rotatable bonds is 15. The van der Waals surface area contributed by atoms with E-state index in [1.807, 2.05) is 21.0 Å². The Bertz CT molecular complexity index is 2820. The van der Waals surface area contributed by atoms with Crippen LogP contribution in [0, 0.1) is 25.5 Å². The molecule has 2 aliphatic heterocycles. The van der Waals surface area contributed by atoms with Crippen LogP contribution in [0.5, 0.6) is 11.5 Å². The first-order valence-corrected chi connectivity index (χ1v) is 24.7. The quantitative estimate of drug-likeness (QED) is 0.0770. The Hall–Kier alpha value is -5.65.